The van der Waals surface area contributed by atoms with Crippen molar-refractivity contribution in [3.8, 4) is 0 Å². The Morgan fingerprint density at radius 3 is 1.77 bits per heavy atom. The molecule has 1 aliphatic heterocycles. The summed E-state index contributed by atoms with van der Waals surface area (Å²) in [6.07, 6.45) is 2.85. The molecule has 5 heteroatoms. The first-order valence-electron chi connectivity index (χ1n) is 13.1. The number of nitrogens with zero attached hydrogens (tertiary/aromatic N) is 5. The summed E-state index contributed by atoms with van der Waals surface area (Å²) in [5.41, 5.74) is 6.13. The summed E-state index contributed by atoms with van der Waals surface area (Å²) in [5, 5.41) is 7.34. The fourth-order valence-electron chi connectivity index (χ4n) is 5.22. The summed E-state index contributed by atoms with van der Waals surface area (Å²) in [4.78, 5) is 9.42. The average Bonchev–Trinajstić information content (AvgIpc) is 3.31. The van der Waals surface area contributed by atoms with E-state index in [4.69, 9.17) is 5.10 Å². The third-order valence-corrected chi connectivity index (χ3v) is 7.19. The zero-order valence-electron chi connectivity index (χ0n) is 21.9. The van der Waals surface area contributed by atoms with E-state index in [1.54, 1.807) is 0 Å². The van der Waals surface area contributed by atoms with Gasteiger partial charge in [0.2, 0.25) is 0 Å². The fraction of sp³-hybridized carbons (Fsp3) is 0.400. The molecular formula is C30H39N5. The molecule has 3 aromatic rings. The summed E-state index contributed by atoms with van der Waals surface area (Å²) in [7, 11) is 0. The lowest BCUT2D eigenvalue weighted by Crippen LogP contribution is -2.26. The van der Waals surface area contributed by atoms with Crippen molar-refractivity contribution in [3.63, 3.8) is 0 Å². The van der Waals surface area contributed by atoms with E-state index in [1.807, 2.05) is 18.3 Å². The van der Waals surface area contributed by atoms with Crippen LogP contribution < -0.4 is 14.8 Å². The first-order chi connectivity index (χ1) is 17.1. The Hall–Kier alpha value is -3.34. The van der Waals surface area contributed by atoms with Crippen molar-refractivity contribution < 1.29 is 0 Å². The van der Waals surface area contributed by atoms with Crippen LogP contribution in [0.3, 0.4) is 0 Å². The molecule has 0 aliphatic carbocycles. The lowest BCUT2D eigenvalue weighted by molar-refractivity contribution is 0.533. The molecule has 0 bridgehead atoms. The molecule has 4 rings (SSSR count). The summed E-state index contributed by atoms with van der Waals surface area (Å²) < 4.78 is 0. The topological polar surface area (TPSA) is 35.0 Å². The quantitative estimate of drug-likeness (QED) is 0.328. The molecule has 0 N–H and O–H groups in total. The van der Waals surface area contributed by atoms with E-state index in [0.717, 1.165) is 44.1 Å². The van der Waals surface area contributed by atoms with Gasteiger partial charge in [0.1, 0.15) is 5.82 Å². The van der Waals surface area contributed by atoms with E-state index in [1.165, 1.54) is 22.5 Å². The molecule has 2 unspecified atom stereocenters. The van der Waals surface area contributed by atoms with Crippen molar-refractivity contribution >= 4 is 22.9 Å². The van der Waals surface area contributed by atoms with E-state index < -0.39 is 0 Å². The number of hydrazone groups is 1. The van der Waals surface area contributed by atoms with Gasteiger partial charge in [0.05, 0.1) is 11.8 Å². The minimum absolute atomic E-state index is 0.109. The van der Waals surface area contributed by atoms with Gasteiger partial charge in [0.25, 0.3) is 0 Å². The highest BCUT2D eigenvalue weighted by atomic mass is 15.5. The number of hydrogen-bond donors (Lipinski definition) is 0. The predicted molar refractivity (Wildman–Crippen MR) is 150 cm³/mol. The van der Waals surface area contributed by atoms with Crippen molar-refractivity contribution in [1.82, 2.24) is 4.98 Å². The Labute approximate surface area is 211 Å². The van der Waals surface area contributed by atoms with Gasteiger partial charge in [-0.1, -0.05) is 37.3 Å². The normalized spacial score (nSPS) is 17.4. The summed E-state index contributed by atoms with van der Waals surface area (Å²) >= 11 is 0. The third kappa shape index (κ3) is 5.04. The van der Waals surface area contributed by atoms with Crippen LogP contribution in [0.5, 0.6) is 0 Å². The summed E-state index contributed by atoms with van der Waals surface area (Å²) in [5.74, 6) is 1.16. The highest BCUT2D eigenvalue weighted by Crippen LogP contribution is 2.42. The van der Waals surface area contributed by atoms with Crippen molar-refractivity contribution in [1.29, 1.82) is 0 Å². The van der Waals surface area contributed by atoms with E-state index in [-0.39, 0.29) is 12.0 Å². The highest BCUT2D eigenvalue weighted by Gasteiger charge is 2.39. The SMILES string of the molecule is CCC1C(c2ccc(N(CC)CC)cc2)=NN(c2ccccn2)C1c1ccc(N(CC)CC)cc1. The second-order valence-corrected chi connectivity index (χ2v) is 8.96. The summed E-state index contributed by atoms with van der Waals surface area (Å²) in [6.45, 7) is 15.1. The first kappa shape index (κ1) is 24.8. The molecule has 0 saturated heterocycles. The van der Waals surface area contributed by atoms with Gasteiger partial charge in [-0.05, 0) is 81.6 Å². The first-order valence-corrected chi connectivity index (χ1v) is 13.1. The molecule has 0 fully saturated rings. The van der Waals surface area contributed by atoms with Gasteiger partial charge in [0.15, 0.2) is 0 Å². The maximum atomic E-state index is 5.21. The number of aromatic nitrogens is 1. The standard InChI is InChI=1S/C30H39N5/c1-6-27-29(23-14-18-25(19-15-23)33(7-2)8-3)32-35(28-13-11-12-22-31-28)30(27)24-16-20-26(21-17-24)34(9-4)10-5/h11-22,27,30H,6-10H2,1-5H3. The highest BCUT2D eigenvalue weighted by molar-refractivity contribution is 6.05. The average molecular weight is 470 g/mol. The molecule has 2 atom stereocenters. The Morgan fingerprint density at radius 1 is 0.714 bits per heavy atom. The smallest absolute Gasteiger partial charge is 0.149 e. The lowest BCUT2D eigenvalue weighted by Gasteiger charge is -2.28. The van der Waals surface area contributed by atoms with Gasteiger partial charge >= 0.3 is 0 Å². The molecule has 5 nitrogen and oxygen atoms in total. The molecule has 0 saturated carbocycles. The molecule has 0 amide bonds. The molecule has 184 valence electrons. The van der Waals surface area contributed by atoms with Crippen LogP contribution in [0.2, 0.25) is 0 Å². The molecule has 2 aromatic carbocycles. The lowest BCUT2D eigenvalue weighted by atomic mass is 9.85. The van der Waals surface area contributed by atoms with Gasteiger partial charge in [-0.25, -0.2) is 9.99 Å². The minimum Gasteiger partial charge on any atom is -0.372 e. The second-order valence-electron chi connectivity index (χ2n) is 8.96. The van der Waals surface area contributed by atoms with Crippen LogP contribution in [0, 0.1) is 5.92 Å². The van der Waals surface area contributed by atoms with Gasteiger partial charge in [-0.3, -0.25) is 0 Å². The number of pyridine rings is 1. The molecular weight excluding hydrogens is 430 g/mol. The van der Waals surface area contributed by atoms with E-state index in [0.29, 0.717) is 0 Å². The van der Waals surface area contributed by atoms with Crippen LogP contribution in [0.15, 0.2) is 78.0 Å². The van der Waals surface area contributed by atoms with E-state index in [9.17, 15) is 0 Å². The molecule has 0 spiro atoms. The maximum Gasteiger partial charge on any atom is 0.149 e. The van der Waals surface area contributed by atoms with Gasteiger partial charge < -0.3 is 9.80 Å². The predicted octanol–water partition coefficient (Wildman–Crippen LogP) is 6.77. The molecule has 1 aliphatic rings. The molecule has 2 heterocycles. The van der Waals surface area contributed by atoms with Crippen molar-refractivity contribution in [2.45, 2.75) is 47.1 Å². The monoisotopic (exact) mass is 469 g/mol. The summed E-state index contributed by atoms with van der Waals surface area (Å²) in [6, 6.07) is 24.2. The van der Waals surface area contributed by atoms with Crippen LogP contribution in [0.25, 0.3) is 0 Å². The Balaban J connectivity index is 1.72. The van der Waals surface area contributed by atoms with Gasteiger partial charge in [-0.15, -0.1) is 0 Å². The van der Waals surface area contributed by atoms with Crippen LogP contribution in [-0.2, 0) is 0 Å². The van der Waals surface area contributed by atoms with Gasteiger partial charge in [-0.2, -0.15) is 5.10 Å². The van der Waals surface area contributed by atoms with Crippen LogP contribution >= 0.6 is 0 Å². The third-order valence-electron chi connectivity index (χ3n) is 7.19. The van der Waals surface area contributed by atoms with Crippen molar-refractivity contribution in [2.24, 2.45) is 11.0 Å². The van der Waals surface area contributed by atoms with Crippen molar-refractivity contribution in [2.75, 3.05) is 41.0 Å². The van der Waals surface area contributed by atoms with E-state index in [2.05, 4.69) is 109 Å². The van der Waals surface area contributed by atoms with Crippen LogP contribution in [0.4, 0.5) is 17.2 Å². The Kier molecular flexibility index (Phi) is 8.06. The maximum absolute atomic E-state index is 5.21. The van der Waals surface area contributed by atoms with Gasteiger partial charge in [0, 0.05) is 49.7 Å². The number of rotatable bonds is 10. The number of anilines is 3. The largest absolute Gasteiger partial charge is 0.372 e. The zero-order chi connectivity index (χ0) is 24.8. The molecule has 35 heavy (non-hydrogen) atoms. The number of hydrogen-bond acceptors (Lipinski definition) is 5. The molecule has 1 aromatic heterocycles. The van der Waals surface area contributed by atoms with Crippen LogP contribution in [-0.4, -0.2) is 36.9 Å². The van der Waals surface area contributed by atoms with Crippen LogP contribution in [0.1, 0.15) is 58.2 Å². The number of benzene rings is 2. The van der Waals surface area contributed by atoms with E-state index >= 15 is 0 Å². The molecule has 0 radical (unpaired) electrons. The second kappa shape index (κ2) is 11.4. The minimum atomic E-state index is 0.109. The fourth-order valence-corrected chi connectivity index (χ4v) is 5.22. The zero-order valence-corrected chi connectivity index (χ0v) is 21.9. The Bertz CT molecular complexity index is 1080. The van der Waals surface area contributed by atoms with Crippen molar-refractivity contribution in [3.05, 3.63) is 84.1 Å². The Morgan fingerprint density at radius 2 is 1.29 bits per heavy atom.